The third-order valence-electron chi connectivity index (χ3n) is 1.89. The van der Waals surface area contributed by atoms with Crippen molar-refractivity contribution in [1.29, 1.82) is 0 Å². The highest BCUT2D eigenvalue weighted by atomic mass is 16.5. The van der Waals surface area contributed by atoms with Crippen molar-refractivity contribution in [1.82, 2.24) is 15.2 Å². The summed E-state index contributed by atoms with van der Waals surface area (Å²) in [6.45, 7) is 3.63. The maximum absolute atomic E-state index is 5.19. The molecule has 1 unspecified atom stereocenters. The van der Waals surface area contributed by atoms with Gasteiger partial charge in [0.25, 0.3) is 0 Å². The number of nitrogens with one attached hydrogen (secondary N) is 1. The van der Waals surface area contributed by atoms with Crippen LogP contribution in [-0.2, 0) is 4.74 Å². The summed E-state index contributed by atoms with van der Waals surface area (Å²) in [5.41, 5.74) is 0.686. The molecule has 1 aliphatic rings. The van der Waals surface area contributed by atoms with Crippen molar-refractivity contribution in [2.45, 2.75) is 20.1 Å². The molecule has 14 heavy (non-hydrogen) atoms. The van der Waals surface area contributed by atoms with Gasteiger partial charge in [0.15, 0.2) is 12.0 Å². The maximum atomic E-state index is 5.19. The number of hydrogen-bond donors (Lipinski definition) is 1. The van der Waals surface area contributed by atoms with Crippen molar-refractivity contribution in [3.05, 3.63) is 11.5 Å². The summed E-state index contributed by atoms with van der Waals surface area (Å²) in [7, 11) is 1.59. The molecule has 1 atom stereocenters. The van der Waals surface area contributed by atoms with Gasteiger partial charge in [0.1, 0.15) is 17.4 Å². The number of aliphatic imine (C=N–C) groups is 1. The summed E-state index contributed by atoms with van der Waals surface area (Å²) in [5, 5.41) is 10.8. The number of nitrogens with zero attached hydrogens (tertiary/aromatic N) is 4. The normalized spacial score (nSPS) is 19.6. The standard InChI is InChI=1S/C8H11N5O/c1-4-10-7-6(8(11-4)14-3)9-5(2)12-13-7/h8H,1-3H3,(H,10,11,13). The lowest BCUT2D eigenvalue weighted by molar-refractivity contribution is 0.106. The fourth-order valence-corrected chi connectivity index (χ4v) is 1.29. The molecular weight excluding hydrogens is 182 g/mol. The van der Waals surface area contributed by atoms with E-state index in [0.29, 0.717) is 17.3 Å². The van der Waals surface area contributed by atoms with E-state index < -0.39 is 0 Å². The Bertz CT molecular complexity index is 389. The first-order valence-electron chi connectivity index (χ1n) is 4.26. The van der Waals surface area contributed by atoms with Crippen molar-refractivity contribution in [2.75, 3.05) is 12.4 Å². The van der Waals surface area contributed by atoms with Gasteiger partial charge in [0, 0.05) is 7.11 Å². The maximum Gasteiger partial charge on any atom is 0.196 e. The largest absolute Gasteiger partial charge is 0.354 e. The summed E-state index contributed by atoms with van der Waals surface area (Å²) >= 11 is 0. The van der Waals surface area contributed by atoms with Crippen molar-refractivity contribution >= 4 is 11.7 Å². The third kappa shape index (κ3) is 1.44. The Labute approximate surface area is 81.4 Å². The second-order valence-electron chi connectivity index (χ2n) is 3.02. The SMILES string of the molecule is COC1N=C(C)Nc2nnc(C)nc21. The summed E-state index contributed by atoms with van der Waals surface area (Å²) in [4.78, 5) is 8.47. The smallest absolute Gasteiger partial charge is 0.196 e. The van der Waals surface area contributed by atoms with E-state index in [2.05, 4.69) is 25.5 Å². The number of rotatable bonds is 1. The predicted octanol–water partition coefficient (Wildman–Crippen LogP) is 0.669. The zero-order valence-electron chi connectivity index (χ0n) is 8.27. The van der Waals surface area contributed by atoms with Gasteiger partial charge in [-0.3, -0.25) is 0 Å². The van der Waals surface area contributed by atoms with Crippen LogP contribution in [0.4, 0.5) is 5.82 Å². The van der Waals surface area contributed by atoms with Crippen LogP contribution >= 0.6 is 0 Å². The zero-order valence-corrected chi connectivity index (χ0v) is 8.27. The molecule has 0 aromatic carbocycles. The summed E-state index contributed by atoms with van der Waals surface area (Å²) in [6.07, 6.45) is -0.375. The highest BCUT2D eigenvalue weighted by Gasteiger charge is 2.22. The molecule has 1 aromatic heterocycles. The average Bonchev–Trinajstić information content (AvgIpc) is 2.17. The third-order valence-corrected chi connectivity index (χ3v) is 1.89. The first-order valence-corrected chi connectivity index (χ1v) is 4.26. The Morgan fingerprint density at radius 1 is 1.29 bits per heavy atom. The molecular formula is C8H11N5O. The van der Waals surface area contributed by atoms with E-state index >= 15 is 0 Å². The van der Waals surface area contributed by atoms with Gasteiger partial charge in [-0.15, -0.1) is 10.2 Å². The Morgan fingerprint density at radius 3 is 2.79 bits per heavy atom. The van der Waals surface area contributed by atoms with Gasteiger partial charge in [-0.1, -0.05) is 0 Å². The first kappa shape index (κ1) is 9.01. The molecule has 0 radical (unpaired) electrons. The van der Waals surface area contributed by atoms with Crippen molar-refractivity contribution in [2.24, 2.45) is 4.99 Å². The molecule has 0 bridgehead atoms. The zero-order chi connectivity index (χ0) is 10.1. The molecule has 0 spiro atoms. The monoisotopic (exact) mass is 193 g/mol. The molecule has 1 N–H and O–H groups in total. The van der Waals surface area contributed by atoms with E-state index in [9.17, 15) is 0 Å². The molecule has 0 saturated carbocycles. The van der Waals surface area contributed by atoms with Gasteiger partial charge in [-0.2, -0.15) is 0 Å². The highest BCUT2D eigenvalue weighted by Crippen LogP contribution is 2.25. The Kier molecular flexibility index (Phi) is 2.12. The van der Waals surface area contributed by atoms with Gasteiger partial charge in [-0.05, 0) is 13.8 Å². The van der Waals surface area contributed by atoms with Gasteiger partial charge in [-0.25, -0.2) is 9.98 Å². The molecule has 0 amide bonds. The van der Waals surface area contributed by atoms with Gasteiger partial charge >= 0.3 is 0 Å². The molecule has 1 aliphatic heterocycles. The second-order valence-corrected chi connectivity index (χ2v) is 3.02. The number of aromatic nitrogens is 3. The van der Waals surface area contributed by atoms with Crippen LogP contribution in [0.5, 0.6) is 0 Å². The quantitative estimate of drug-likeness (QED) is 0.709. The number of hydrogen-bond acceptors (Lipinski definition) is 6. The Hall–Kier alpha value is -1.56. The molecule has 6 heteroatoms. The van der Waals surface area contributed by atoms with E-state index in [4.69, 9.17) is 4.74 Å². The Balaban J connectivity index is 2.48. The van der Waals surface area contributed by atoms with Crippen LogP contribution in [0.25, 0.3) is 0 Å². The first-order chi connectivity index (χ1) is 6.70. The fourth-order valence-electron chi connectivity index (χ4n) is 1.29. The van der Waals surface area contributed by atoms with Crippen LogP contribution in [0, 0.1) is 6.92 Å². The topological polar surface area (TPSA) is 72.3 Å². The summed E-state index contributed by atoms with van der Waals surface area (Å²) in [5.74, 6) is 1.99. The van der Waals surface area contributed by atoms with Crippen molar-refractivity contribution in [3.8, 4) is 0 Å². The molecule has 0 fully saturated rings. The highest BCUT2D eigenvalue weighted by molar-refractivity contribution is 5.94. The molecule has 6 nitrogen and oxygen atoms in total. The van der Waals surface area contributed by atoms with E-state index in [0.717, 1.165) is 5.84 Å². The Morgan fingerprint density at radius 2 is 2.07 bits per heavy atom. The molecule has 0 saturated heterocycles. The van der Waals surface area contributed by atoms with Crippen molar-refractivity contribution < 1.29 is 4.74 Å². The lowest BCUT2D eigenvalue weighted by Gasteiger charge is -2.20. The molecule has 2 heterocycles. The van der Waals surface area contributed by atoms with Crippen LogP contribution < -0.4 is 5.32 Å². The van der Waals surface area contributed by atoms with Gasteiger partial charge < -0.3 is 10.1 Å². The number of aryl methyl sites for hydroxylation is 1. The van der Waals surface area contributed by atoms with Crippen molar-refractivity contribution in [3.63, 3.8) is 0 Å². The fraction of sp³-hybridized carbons (Fsp3) is 0.500. The number of methoxy groups -OCH3 is 1. The summed E-state index contributed by atoms with van der Waals surface area (Å²) in [6, 6.07) is 0. The lowest BCUT2D eigenvalue weighted by Crippen LogP contribution is -2.22. The molecule has 74 valence electrons. The van der Waals surface area contributed by atoms with Crippen LogP contribution in [0.3, 0.4) is 0 Å². The number of ether oxygens (including phenoxy) is 1. The van der Waals surface area contributed by atoms with E-state index in [-0.39, 0.29) is 6.23 Å². The van der Waals surface area contributed by atoms with Gasteiger partial charge in [0.2, 0.25) is 0 Å². The minimum absolute atomic E-state index is 0.375. The second kappa shape index (κ2) is 3.30. The van der Waals surface area contributed by atoms with Crippen LogP contribution in [0.2, 0.25) is 0 Å². The summed E-state index contributed by atoms with van der Waals surface area (Å²) < 4.78 is 5.19. The number of fused-ring (bicyclic) bond motifs is 1. The minimum atomic E-state index is -0.375. The number of amidine groups is 1. The number of anilines is 1. The van der Waals surface area contributed by atoms with Gasteiger partial charge in [0.05, 0.1) is 0 Å². The molecule has 1 aromatic rings. The lowest BCUT2D eigenvalue weighted by atomic mass is 10.3. The molecule has 0 aliphatic carbocycles. The van der Waals surface area contributed by atoms with E-state index in [1.807, 2.05) is 6.92 Å². The van der Waals surface area contributed by atoms with E-state index in [1.54, 1.807) is 14.0 Å². The van der Waals surface area contributed by atoms with Crippen LogP contribution in [-0.4, -0.2) is 28.1 Å². The minimum Gasteiger partial charge on any atom is -0.354 e. The predicted molar refractivity (Wildman–Crippen MR) is 51.0 cm³/mol. The van der Waals surface area contributed by atoms with Crippen LogP contribution in [0.15, 0.2) is 4.99 Å². The molecule has 2 rings (SSSR count). The van der Waals surface area contributed by atoms with E-state index in [1.165, 1.54) is 0 Å². The average molecular weight is 193 g/mol. The van der Waals surface area contributed by atoms with Crippen LogP contribution in [0.1, 0.15) is 24.7 Å².